The van der Waals surface area contributed by atoms with Gasteiger partial charge in [0.05, 0.1) is 17.1 Å². The molecule has 1 aliphatic heterocycles. The molecule has 8 nitrogen and oxygen atoms in total. The van der Waals surface area contributed by atoms with Gasteiger partial charge in [-0.25, -0.2) is 9.78 Å². The highest BCUT2D eigenvalue weighted by atomic mass is 28.3. The van der Waals surface area contributed by atoms with Crippen molar-refractivity contribution in [2.24, 2.45) is 0 Å². The first-order valence-electron chi connectivity index (χ1n) is 13.6. The van der Waals surface area contributed by atoms with Gasteiger partial charge in [-0.15, -0.1) is 0 Å². The number of nitrogens with zero attached hydrogens (tertiary/aromatic N) is 5. The first-order chi connectivity index (χ1) is 17.9. The first-order valence-corrected chi connectivity index (χ1v) is 17.3. The number of fused-ring (bicyclic) bond motifs is 1. The third-order valence-electron chi connectivity index (χ3n) is 6.90. The quantitative estimate of drug-likeness (QED) is 0.250. The Balaban J connectivity index is 1.65. The molecule has 0 radical (unpaired) electrons. The number of hydrogen-bond acceptors (Lipinski definition) is 6. The molecule has 1 atom stereocenters. The summed E-state index contributed by atoms with van der Waals surface area (Å²) in [5.41, 5.74) is 3.64. The molecule has 0 N–H and O–H groups in total. The number of hydrogen-bond donors (Lipinski definition) is 0. The van der Waals surface area contributed by atoms with E-state index >= 15 is 0 Å². The molecule has 0 aromatic carbocycles. The minimum Gasteiger partial charge on any atom is -0.444 e. The van der Waals surface area contributed by atoms with Crippen molar-refractivity contribution in [2.45, 2.75) is 77.7 Å². The molecule has 4 rings (SSSR count). The van der Waals surface area contributed by atoms with Crippen molar-refractivity contribution in [3.8, 4) is 11.1 Å². The van der Waals surface area contributed by atoms with Crippen molar-refractivity contribution in [3.63, 3.8) is 0 Å². The molecule has 38 heavy (non-hydrogen) atoms. The fourth-order valence-electron chi connectivity index (χ4n) is 4.82. The Morgan fingerprint density at radius 2 is 2.00 bits per heavy atom. The number of amides is 1. The molecule has 0 aliphatic carbocycles. The Hall–Kier alpha value is -2.91. The van der Waals surface area contributed by atoms with Gasteiger partial charge in [0.2, 0.25) is 0 Å². The second kappa shape index (κ2) is 11.5. The lowest BCUT2D eigenvalue weighted by Crippen LogP contribution is -2.49. The summed E-state index contributed by atoms with van der Waals surface area (Å²) in [5, 5.41) is 1.09. The van der Waals surface area contributed by atoms with E-state index in [0.717, 1.165) is 66.4 Å². The zero-order valence-electron chi connectivity index (χ0n) is 24.0. The van der Waals surface area contributed by atoms with Gasteiger partial charge in [-0.05, 0) is 51.8 Å². The Morgan fingerprint density at radius 1 is 1.21 bits per heavy atom. The van der Waals surface area contributed by atoms with Gasteiger partial charge in [0.25, 0.3) is 0 Å². The lowest BCUT2D eigenvalue weighted by molar-refractivity contribution is 0.0210. The number of likely N-dealkylation sites (N-methyl/N-ethyl adjacent to an activating group) is 1. The maximum Gasteiger partial charge on any atom is 0.410 e. The van der Waals surface area contributed by atoms with Crippen LogP contribution < -0.4 is 4.90 Å². The van der Waals surface area contributed by atoms with E-state index in [0.29, 0.717) is 6.73 Å². The summed E-state index contributed by atoms with van der Waals surface area (Å²) in [4.78, 5) is 26.1. The zero-order valence-corrected chi connectivity index (χ0v) is 25.0. The number of rotatable bonds is 8. The van der Waals surface area contributed by atoms with Gasteiger partial charge in [0, 0.05) is 70.7 Å². The number of pyridine rings is 2. The van der Waals surface area contributed by atoms with Crippen LogP contribution in [0.2, 0.25) is 25.7 Å². The maximum absolute atomic E-state index is 12.8. The Kier molecular flexibility index (Phi) is 8.47. The third kappa shape index (κ3) is 6.93. The van der Waals surface area contributed by atoms with E-state index in [4.69, 9.17) is 14.5 Å². The van der Waals surface area contributed by atoms with Gasteiger partial charge in [0.1, 0.15) is 18.0 Å². The standard InChI is InChI=1S/C29H43N5O3Si/c1-29(2,3)37-28(35)32(4)23-11-9-15-33(19-23)25-12-14-31-27-26(25)24(22-10-8-13-30-18-22)20-34(27)21-36-16-17-38(5,6)7/h8,10,12-14,18,20,23H,9,11,15-17,19,21H2,1-7H3/t23-/m0/s1. The molecule has 0 unspecified atom stereocenters. The summed E-state index contributed by atoms with van der Waals surface area (Å²) in [6, 6.07) is 7.33. The monoisotopic (exact) mass is 537 g/mol. The molecule has 1 aliphatic rings. The van der Waals surface area contributed by atoms with E-state index in [-0.39, 0.29) is 12.1 Å². The average Bonchev–Trinajstić information content (AvgIpc) is 3.24. The molecule has 3 aromatic heterocycles. The summed E-state index contributed by atoms with van der Waals surface area (Å²) >= 11 is 0. The van der Waals surface area contributed by atoms with Crippen LogP contribution in [0.3, 0.4) is 0 Å². The van der Waals surface area contributed by atoms with E-state index in [9.17, 15) is 4.79 Å². The van der Waals surface area contributed by atoms with Crippen LogP contribution in [0.1, 0.15) is 33.6 Å². The van der Waals surface area contributed by atoms with Crippen molar-refractivity contribution >= 4 is 30.9 Å². The highest BCUT2D eigenvalue weighted by molar-refractivity contribution is 6.76. The van der Waals surface area contributed by atoms with Crippen molar-refractivity contribution in [1.29, 1.82) is 0 Å². The van der Waals surface area contributed by atoms with Crippen LogP contribution in [0.5, 0.6) is 0 Å². The summed E-state index contributed by atoms with van der Waals surface area (Å²) in [6.45, 7) is 15.7. The van der Waals surface area contributed by atoms with Crippen LogP contribution >= 0.6 is 0 Å². The van der Waals surface area contributed by atoms with Crippen LogP contribution in [0.15, 0.2) is 43.0 Å². The summed E-state index contributed by atoms with van der Waals surface area (Å²) < 4.78 is 13.9. The molecule has 0 spiro atoms. The molecule has 1 amide bonds. The Bertz CT molecular complexity index is 1230. The van der Waals surface area contributed by atoms with E-state index in [2.05, 4.69) is 52.4 Å². The number of anilines is 1. The van der Waals surface area contributed by atoms with E-state index in [1.54, 1.807) is 11.1 Å². The van der Waals surface area contributed by atoms with Gasteiger partial charge >= 0.3 is 6.09 Å². The largest absolute Gasteiger partial charge is 0.444 e. The van der Waals surface area contributed by atoms with Crippen molar-refractivity contribution in [3.05, 3.63) is 43.0 Å². The third-order valence-corrected chi connectivity index (χ3v) is 8.61. The second-order valence-corrected chi connectivity index (χ2v) is 18.1. The fraction of sp³-hybridized carbons (Fsp3) is 0.552. The Morgan fingerprint density at radius 3 is 2.68 bits per heavy atom. The molecular weight excluding hydrogens is 494 g/mol. The van der Waals surface area contributed by atoms with Crippen LogP contribution in [-0.2, 0) is 16.2 Å². The number of aromatic nitrogens is 3. The predicted octanol–water partition coefficient (Wildman–Crippen LogP) is 6.25. The van der Waals surface area contributed by atoms with Crippen LogP contribution in [0.4, 0.5) is 10.5 Å². The Labute approximate surface area is 228 Å². The molecule has 1 fully saturated rings. The molecular formula is C29H43N5O3Si. The summed E-state index contributed by atoms with van der Waals surface area (Å²) in [7, 11) is 0.680. The molecule has 4 heterocycles. The van der Waals surface area contributed by atoms with Gasteiger partial charge in [0.15, 0.2) is 0 Å². The molecule has 3 aromatic rings. The maximum atomic E-state index is 12.8. The highest BCUT2D eigenvalue weighted by Gasteiger charge is 2.30. The lowest BCUT2D eigenvalue weighted by Gasteiger charge is -2.39. The van der Waals surface area contributed by atoms with Gasteiger partial charge < -0.3 is 23.8 Å². The minimum absolute atomic E-state index is 0.0654. The lowest BCUT2D eigenvalue weighted by atomic mass is 10.0. The molecule has 1 saturated heterocycles. The van der Waals surface area contributed by atoms with E-state index in [1.807, 2.05) is 46.3 Å². The fourth-order valence-corrected chi connectivity index (χ4v) is 5.57. The van der Waals surface area contributed by atoms with E-state index < -0.39 is 13.7 Å². The number of piperidine rings is 1. The summed E-state index contributed by atoms with van der Waals surface area (Å²) in [6.07, 6.45) is 9.37. The summed E-state index contributed by atoms with van der Waals surface area (Å²) in [5.74, 6) is 0. The van der Waals surface area contributed by atoms with Crippen LogP contribution in [0.25, 0.3) is 22.2 Å². The number of carbonyl (C=O) groups excluding carboxylic acids is 1. The highest BCUT2D eigenvalue weighted by Crippen LogP contribution is 2.37. The zero-order chi connectivity index (χ0) is 27.5. The second-order valence-electron chi connectivity index (χ2n) is 12.5. The van der Waals surface area contributed by atoms with Crippen LogP contribution in [0, 0.1) is 0 Å². The SMILES string of the molecule is CN(C(=O)OC(C)(C)C)[C@H]1CCCN(c2ccnc3c2c(-c2cccnc2)cn3COCC[Si](C)(C)C)C1. The van der Waals surface area contributed by atoms with Gasteiger partial charge in [-0.1, -0.05) is 25.7 Å². The van der Waals surface area contributed by atoms with Crippen LogP contribution in [-0.4, -0.2) is 72.0 Å². The van der Waals surface area contributed by atoms with Gasteiger partial charge in [-0.2, -0.15) is 0 Å². The molecule has 206 valence electrons. The first kappa shape index (κ1) is 28.1. The normalized spacial score (nSPS) is 16.6. The van der Waals surface area contributed by atoms with Gasteiger partial charge in [-0.3, -0.25) is 4.98 Å². The smallest absolute Gasteiger partial charge is 0.410 e. The average molecular weight is 538 g/mol. The van der Waals surface area contributed by atoms with Crippen molar-refractivity contribution in [2.75, 3.05) is 31.6 Å². The molecule has 9 heteroatoms. The van der Waals surface area contributed by atoms with E-state index in [1.165, 1.54) is 0 Å². The molecule has 0 saturated carbocycles. The predicted molar refractivity (Wildman–Crippen MR) is 156 cm³/mol. The topological polar surface area (TPSA) is 72.7 Å². The minimum atomic E-state index is -1.17. The number of ether oxygens (including phenoxy) is 2. The van der Waals surface area contributed by atoms with Crippen molar-refractivity contribution < 1.29 is 14.3 Å². The van der Waals surface area contributed by atoms with Crippen molar-refractivity contribution in [1.82, 2.24) is 19.4 Å². The molecule has 0 bridgehead atoms. The number of carbonyl (C=O) groups is 1.